The van der Waals surface area contributed by atoms with Crippen LogP contribution < -0.4 is 21.3 Å². The summed E-state index contributed by atoms with van der Waals surface area (Å²) in [5, 5.41) is 13.3. The van der Waals surface area contributed by atoms with E-state index in [2.05, 4.69) is 65.2 Å². The van der Waals surface area contributed by atoms with Crippen molar-refractivity contribution in [3.8, 4) is 0 Å². The van der Waals surface area contributed by atoms with E-state index in [1.165, 1.54) is 11.1 Å². The molecule has 0 unspecified atom stereocenters. The molecule has 4 N–H and O–H groups in total. The molecular weight excluding hydrogens is 424 g/mol. The number of nitrogens with one attached hydrogen (secondary N) is 4. The third-order valence-electron chi connectivity index (χ3n) is 6.21. The standard InChI is InChI=1S/C27H32N6O/c1-27(2,3)23-15-21(11-13-29-23)31-25-22(26(34)32-19-6-7-19)8-9-24(33-25)30-20-5-4-17-10-12-28-16-18(17)14-20/h4-5,8-9,11,13-15,19,28H,6-7,10,12,16H2,1-3H3,(H,32,34)(H2,29,30,31,33). The predicted molar refractivity (Wildman–Crippen MR) is 136 cm³/mol. The summed E-state index contributed by atoms with van der Waals surface area (Å²) in [5.41, 5.74) is 5.95. The molecule has 3 heterocycles. The number of fused-ring (bicyclic) bond motifs is 1. The summed E-state index contributed by atoms with van der Waals surface area (Å²) in [5.74, 6) is 1.10. The van der Waals surface area contributed by atoms with Gasteiger partial charge in [-0.3, -0.25) is 9.78 Å². The number of hydrogen-bond acceptors (Lipinski definition) is 6. The van der Waals surface area contributed by atoms with E-state index < -0.39 is 0 Å². The molecule has 0 saturated heterocycles. The average molecular weight is 457 g/mol. The summed E-state index contributed by atoms with van der Waals surface area (Å²) in [6.07, 6.45) is 4.91. The van der Waals surface area contributed by atoms with Gasteiger partial charge in [0.15, 0.2) is 0 Å². The van der Waals surface area contributed by atoms with Gasteiger partial charge >= 0.3 is 0 Å². The minimum atomic E-state index is -0.103. The molecule has 3 aromatic rings. The predicted octanol–water partition coefficient (Wildman–Crippen LogP) is 4.80. The van der Waals surface area contributed by atoms with E-state index in [0.29, 0.717) is 17.2 Å². The quantitative estimate of drug-likeness (QED) is 0.426. The zero-order valence-electron chi connectivity index (χ0n) is 20.0. The molecule has 1 aliphatic carbocycles. The van der Waals surface area contributed by atoms with E-state index in [-0.39, 0.29) is 17.4 Å². The largest absolute Gasteiger partial charge is 0.349 e. The minimum Gasteiger partial charge on any atom is -0.349 e. The average Bonchev–Trinajstić information content (AvgIpc) is 3.63. The molecule has 0 atom stereocenters. The van der Waals surface area contributed by atoms with Gasteiger partial charge in [-0.25, -0.2) is 4.98 Å². The van der Waals surface area contributed by atoms with Crippen LogP contribution >= 0.6 is 0 Å². The van der Waals surface area contributed by atoms with Crippen LogP contribution in [0.1, 0.15) is 60.8 Å². The first-order valence-electron chi connectivity index (χ1n) is 12.0. The molecule has 1 aliphatic heterocycles. The number of amides is 1. The van der Waals surface area contributed by atoms with Gasteiger partial charge in [0.25, 0.3) is 5.91 Å². The van der Waals surface area contributed by atoms with Crippen LogP contribution in [0.2, 0.25) is 0 Å². The lowest BCUT2D eigenvalue weighted by Crippen LogP contribution is -2.26. The highest BCUT2D eigenvalue weighted by molar-refractivity contribution is 6.00. The molecule has 7 heteroatoms. The van der Waals surface area contributed by atoms with Crippen molar-refractivity contribution in [2.75, 3.05) is 17.2 Å². The molecule has 34 heavy (non-hydrogen) atoms. The van der Waals surface area contributed by atoms with E-state index in [1.807, 2.05) is 24.3 Å². The van der Waals surface area contributed by atoms with Crippen LogP contribution in [-0.2, 0) is 18.4 Å². The fourth-order valence-corrected chi connectivity index (χ4v) is 4.06. The summed E-state index contributed by atoms with van der Waals surface area (Å²) in [4.78, 5) is 22.2. The van der Waals surface area contributed by atoms with Gasteiger partial charge in [0.05, 0.1) is 5.56 Å². The number of nitrogens with zero attached hydrogens (tertiary/aromatic N) is 2. The highest BCUT2D eigenvalue weighted by Crippen LogP contribution is 2.28. The number of hydrogen-bond donors (Lipinski definition) is 4. The molecule has 1 fully saturated rings. The summed E-state index contributed by atoms with van der Waals surface area (Å²) in [6.45, 7) is 8.29. The van der Waals surface area contributed by atoms with E-state index in [9.17, 15) is 4.79 Å². The van der Waals surface area contributed by atoms with Gasteiger partial charge in [-0.05, 0) is 73.3 Å². The van der Waals surface area contributed by atoms with Gasteiger partial charge < -0.3 is 21.3 Å². The van der Waals surface area contributed by atoms with Gasteiger partial charge in [-0.2, -0.15) is 0 Å². The Morgan fingerprint density at radius 1 is 1.00 bits per heavy atom. The summed E-state index contributed by atoms with van der Waals surface area (Å²) in [7, 11) is 0. The molecule has 1 amide bonds. The molecule has 2 aliphatic rings. The SMILES string of the molecule is CC(C)(C)c1cc(Nc2nc(Nc3ccc4c(c3)CNCC4)ccc2C(=O)NC2CC2)ccn1. The topological polar surface area (TPSA) is 91.0 Å². The lowest BCUT2D eigenvalue weighted by Gasteiger charge is -2.20. The second-order valence-electron chi connectivity index (χ2n) is 10.2. The van der Waals surface area contributed by atoms with Crippen molar-refractivity contribution >= 4 is 28.9 Å². The zero-order valence-corrected chi connectivity index (χ0v) is 20.0. The van der Waals surface area contributed by atoms with Crippen LogP contribution in [-0.4, -0.2) is 28.5 Å². The Bertz CT molecular complexity index is 1210. The second kappa shape index (κ2) is 9.06. The molecule has 7 nitrogen and oxygen atoms in total. The first kappa shape index (κ1) is 22.3. The molecule has 0 radical (unpaired) electrons. The third-order valence-corrected chi connectivity index (χ3v) is 6.21. The highest BCUT2D eigenvalue weighted by Gasteiger charge is 2.25. The Kier molecular flexibility index (Phi) is 5.96. The molecular formula is C27H32N6O. The van der Waals surface area contributed by atoms with Crippen molar-refractivity contribution in [3.63, 3.8) is 0 Å². The molecule has 0 bridgehead atoms. The molecule has 2 aromatic heterocycles. The first-order valence-corrected chi connectivity index (χ1v) is 12.0. The fraction of sp³-hybridized carbons (Fsp3) is 0.370. The summed E-state index contributed by atoms with van der Waals surface area (Å²) >= 11 is 0. The Labute approximate surface area is 200 Å². The maximum atomic E-state index is 12.9. The van der Waals surface area contributed by atoms with E-state index >= 15 is 0 Å². The number of pyridine rings is 2. The number of anilines is 4. The maximum absolute atomic E-state index is 12.9. The Morgan fingerprint density at radius 3 is 2.62 bits per heavy atom. The van der Waals surface area contributed by atoms with Crippen molar-refractivity contribution < 1.29 is 4.79 Å². The Balaban J connectivity index is 1.44. The zero-order chi connectivity index (χ0) is 23.7. The number of rotatable bonds is 6. The van der Waals surface area contributed by atoms with E-state index in [4.69, 9.17) is 4.98 Å². The normalized spacial score (nSPS) is 15.4. The highest BCUT2D eigenvalue weighted by atomic mass is 16.1. The number of carbonyl (C=O) groups is 1. The Morgan fingerprint density at radius 2 is 1.82 bits per heavy atom. The second-order valence-corrected chi connectivity index (χ2v) is 10.2. The lowest BCUT2D eigenvalue weighted by molar-refractivity contribution is 0.0951. The molecule has 1 saturated carbocycles. The van der Waals surface area contributed by atoms with Crippen molar-refractivity contribution in [1.82, 2.24) is 20.6 Å². The molecule has 0 spiro atoms. The van der Waals surface area contributed by atoms with Crippen LogP contribution in [0.15, 0.2) is 48.7 Å². The summed E-state index contributed by atoms with van der Waals surface area (Å²) < 4.78 is 0. The van der Waals surface area contributed by atoms with Crippen molar-refractivity contribution in [1.29, 1.82) is 0 Å². The van der Waals surface area contributed by atoms with Crippen molar-refractivity contribution in [2.24, 2.45) is 0 Å². The molecule has 176 valence electrons. The lowest BCUT2D eigenvalue weighted by atomic mass is 9.91. The number of carbonyl (C=O) groups excluding carboxylic acids is 1. The van der Waals surface area contributed by atoms with Crippen LogP contribution in [0.3, 0.4) is 0 Å². The third kappa shape index (κ3) is 5.20. The van der Waals surface area contributed by atoms with Gasteiger partial charge in [0.2, 0.25) is 0 Å². The minimum absolute atomic E-state index is 0.0813. The number of aromatic nitrogens is 2. The van der Waals surface area contributed by atoms with E-state index in [1.54, 1.807) is 6.20 Å². The van der Waals surface area contributed by atoms with Crippen LogP contribution in [0.4, 0.5) is 23.0 Å². The van der Waals surface area contributed by atoms with Gasteiger partial charge in [0, 0.05) is 41.3 Å². The molecule has 1 aromatic carbocycles. The van der Waals surface area contributed by atoms with Crippen LogP contribution in [0, 0.1) is 0 Å². The smallest absolute Gasteiger partial charge is 0.255 e. The van der Waals surface area contributed by atoms with Crippen molar-refractivity contribution in [3.05, 3.63) is 71.0 Å². The monoisotopic (exact) mass is 456 g/mol. The Hall–Kier alpha value is -3.45. The van der Waals surface area contributed by atoms with Crippen molar-refractivity contribution in [2.45, 2.75) is 58.0 Å². The van der Waals surface area contributed by atoms with Gasteiger partial charge in [-0.1, -0.05) is 26.8 Å². The summed E-state index contributed by atoms with van der Waals surface area (Å²) in [6, 6.07) is 14.3. The first-order chi connectivity index (χ1) is 16.3. The van der Waals surface area contributed by atoms with Gasteiger partial charge in [-0.15, -0.1) is 0 Å². The number of benzene rings is 1. The van der Waals surface area contributed by atoms with Gasteiger partial charge in [0.1, 0.15) is 11.6 Å². The molecule has 5 rings (SSSR count). The maximum Gasteiger partial charge on any atom is 0.255 e. The van der Waals surface area contributed by atoms with E-state index in [0.717, 1.165) is 49.4 Å². The van der Waals surface area contributed by atoms with Crippen LogP contribution in [0.25, 0.3) is 0 Å². The fourth-order valence-electron chi connectivity index (χ4n) is 4.06. The van der Waals surface area contributed by atoms with Crippen LogP contribution in [0.5, 0.6) is 0 Å².